The lowest BCUT2D eigenvalue weighted by Gasteiger charge is -2.34. The van der Waals surface area contributed by atoms with Crippen LogP contribution >= 0.6 is 11.8 Å². The Balaban J connectivity index is 1.71. The maximum Gasteiger partial charge on any atom is 0.191 e. The summed E-state index contributed by atoms with van der Waals surface area (Å²) < 4.78 is 5.78. The van der Waals surface area contributed by atoms with Gasteiger partial charge in [-0.05, 0) is 70.8 Å². The van der Waals surface area contributed by atoms with Crippen molar-refractivity contribution in [2.24, 2.45) is 10.9 Å². The molecule has 2 N–H and O–H groups in total. The zero-order valence-electron chi connectivity index (χ0n) is 16.5. The average Bonchev–Trinajstić information content (AvgIpc) is 2.65. The molecule has 0 aromatic carbocycles. The molecule has 0 bridgehead atoms. The smallest absolute Gasteiger partial charge is 0.191 e. The molecule has 146 valence electrons. The second-order valence-electron chi connectivity index (χ2n) is 7.50. The topological polar surface area (TPSA) is 48.9 Å². The Bertz CT molecular complexity index is 391. The largest absolute Gasteiger partial charge is 0.381 e. The molecule has 6 heteroatoms. The van der Waals surface area contributed by atoms with E-state index >= 15 is 0 Å². The number of hydrogen-bond donors (Lipinski definition) is 2. The first kappa shape index (κ1) is 20.8. The summed E-state index contributed by atoms with van der Waals surface area (Å²) >= 11 is 1.95. The summed E-state index contributed by atoms with van der Waals surface area (Å²) in [6.45, 7) is 12.8. The average molecular weight is 371 g/mol. The van der Waals surface area contributed by atoms with Crippen LogP contribution in [0.25, 0.3) is 0 Å². The number of likely N-dealkylation sites (tertiary alicyclic amines) is 1. The van der Waals surface area contributed by atoms with Gasteiger partial charge in [-0.15, -0.1) is 0 Å². The third-order valence-electron chi connectivity index (χ3n) is 5.53. The Kier molecular flexibility index (Phi) is 9.42. The van der Waals surface area contributed by atoms with Gasteiger partial charge in [-0.1, -0.05) is 6.92 Å². The van der Waals surface area contributed by atoms with Gasteiger partial charge in [0, 0.05) is 31.1 Å². The molecule has 0 radical (unpaired) electrons. The molecular weight excluding hydrogens is 332 g/mol. The van der Waals surface area contributed by atoms with Gasteiger partial charge in [-0.2, -0.15) is 11.8 Å². The highest BCUT2D eigenvalue weighted by molar-refractivity contribution is 8.00. The third-order valence-corrected chi connectivity index (χ3v) is 6.93. The van der Waals surface area contributed by atoms with Gasteiger partial charge in [-0.25, -0.2) is 0 Å². The van der Waals surface area contributed by atoms with Gasteiger partial charge in [0.05, 0.1) is 6.54 Å². The van der Waals surface area contributed by atoms with Crippen LogP contribution in [0.2, 0.25) is 0 Å². The lowest BCUT2D eigenvalue weighted by atomic mass is 9.99. The maximum atomic E-state index is 5.53. The highest BCUT2D eigenvalue weighted by Crippen LogP contribution is 2.33. The van der Waals surface area contributed by atoms with E-state index in [0.717, 1.165) is 57.6 Å². The molecule has 2 heterocycles. The molecule has 0 saturated carbocycles. The van der Waals surface area contributed by atoms with Crippen LogP contribution in [0.1, 0.15) is 46.0 Å². The molecule has 2 saturated heterocycles. The molecule has 5 nitrogen and oxygen atoms in total. The molecule has 0 aliphatic carbocycles. The Morgan fingerprint density at radius 3 is 2.60 bits per heavy atom. The van der Waals surface area contributed by atoms with Crippen LogP contribution in [-0.4, -0.2) is 74.3 Å². The van der Waals surface area contributed by atoms with Gasteiger partial charge >= 0.3 is 0 Å². The molecule has 2 rings (SSSR count). The number of rotatable bonds is 8. The number of aliphatic imine (C=N–C) groups is 1. The predicted molar refractivity (Wildman–Crippen MR) is 110 cm³/mol. The highest BCUT2D eigenvalue weighted by atomic mass is 32.2. The van der Waals surface area contributed by atoms with Crippen molar-refractivity contribution in [3.63, 3.8) is 0 Å². The van der Waals surface area contributed by atoms with Crippen LogP contribution in [0.3, 0.4) is 0 Å². The van der Waals surface area contributed by atoms with Crippen LogP contribution in [0.4, 0.5) is 0 Å². The molecule has 0 unspecified atom stereocenters. The van der Waals surface area contributed by atoms with E-state index in [1.54, 1.807) is 0 Å². The summed E-state index contributed by atoms with van der Waals surface area (Å²) in [5.74, 6) is 1.88. The number of guanidine groups is 1. The molecular formula is C19H38N4OS. The summed E-state index contributed by atoms with van der Waals surface area (Å²) in [6, 6.07) is 0. The minimum Gasteiger partial charge on any atom is -0.381 e. The van der Waals surface area contributed by atoms with Crippen LogP contribution in [-0.2, 0) is 4.74 Å². The summed E-state index contributed by atoms with van der Waals surface area (Å²) in [7, 11) is 0. The maximum absolute atomic E-state index is 5.53. The van der Waals surface area contributed by atoms with Gasteiger partial charge in [-0.3, -0.25) is 4.99 Å². The van der Waals surface area contributed by atoms with E-state index < -0.39 is 0 Å². The summed E-state index contributed by atoms with van der Waals surface area (Å²) in [6.07, 6.45) is 8.31. The summed E-state index contributed by atoms with van der Waals surface area (Å²) in [5, 5.41) is 6.91. The standard InChI is InChI=1S/C19H38N4OS/c1-4-20-18(22-16-19(25-3)8-14-24-15-9-19)21-10-5-11-23-12-6-17(2)7-13-23/h17H,4-16H2,1-3H3,(H2,20,21,22). The number of hydrogen-bond acceptors (Lipinski definition) is 4. The lowest BCUT2D eigenvalue weighted by molar-refractivity contribution is 0.0794. The molecule has 0 aromatic heterocycles. The predicted octanol–water partition coefficient (Wildman–Crippen LogP) is 2.58. The number of nitrogens with zero attached hydrogens (tertiary/aromatic N) is 2. The SMILES string of the molecule is CCNC(=NCC1(SC)CCOCC1)NCCCN1CCC(C)CC1. The first-order valence-electron chi connectivity index (χ1n) is 10.0. The monoisotopic (exact) mass is 370 g/mol. The first-order valence-corrected chi connectivity index (χ1v) is 11.3. The van der Waals surface area contributed by atoms with Crippen molar-refractivity contribution in [1.29, 1.82) is 0 Å². The third kappa shape index (κ3) is 7.35. The fraction of sp³-hybridized carbons (Fsp3) is 0.947. The van der Waals surface area contributed by atoms with Gasteiger partial charge < -0.3 is 20.3 Å². The fourth-order valence-corrected chi connectivity index (χ4v) is 4.30. The molecule has 0 amide bonds. The second-order valence-corrected chi connectivity index (χ2v) is 8.77. The zero-order valence-corrected chi connectivity index (χ0v) is 17.3. The Morgan fingerprint density at radius 1 is 1.24 bits per heavy atom. The van der Waals surface area contributed by atoms with Gasteiger partial charge in [0.15, 0.2) is 5.96 Å². The Labute approximate surface area is 158 Å². The van der Waals surface area contributed by atoms with Gasteiger partial charge in [0.25, 0.3) is 0 Å². The molecule has 0 aromatic rings. The Hall–Kier alpha value is -0.460. The van der Waals surface area contributed by atoms with E-state index in [0.29, 0.717) is 0 Å². The van der Waals surface area contributed by atoms with Crippen molar-refractivity contribution in [3.05, 3.63) is 0 Å². The van der Waals surface area contributed by atoms with E-state index in [1.807, 2.05) is 11.8 Å². The quantitative estimate of drug-likeness (QED) is 0.391. The van der Waals surface area contributed by atoms with E-state index in [4.69, 9.17) is 9.73 Å². The zero-order chi connectivity index (χ0) is 18.0. The van der Waals surface area contributed by atoms with E-state index in [1.165, 1.54) is 38.9 Å². The molecule has 2 fully saturated rings. The molecule has 0 atom stereocenters. The van der Waals surface area contributed by atoms with Crippen molar-refractivity contribution in [3.8, 4) is 0 Å². The minimum atomic E-state index is 0.255. The highest BCUT2D eigenvalue weighted by Gasteiger charge is 2.31. The first-order chi connectivity index (χ1) is 12.2. The molecule has 0 spiro atoms. The fourth-order valence-electron chi connectivity index (χ4n) is 3.53. The minimum absolute atomic E-state index is 0.255. The van der Waals surface area contributed by atoms with E-state index in [2.05, 4.69) is 35.6 Å². The second kappa shape index (κ2) is 11.3. The van der Waals surface area contributed by atoms with Crippen LogP contribution < -0.4 is 10.6 Å². The normalized spacial score (nSPS) is 22.8. The molecule has 25 heavy (non-hydrogen) atoms. The Morgan fingerprint density at radius 2 is 1.96 bits per heavy atom. The van der Waals surface area contributed by atoms with Crippen LogP contribution in [0.15, 0.2) is 4.99 Å². The van der Waals surface area contributed by atoms with E-state index in [9.17, 15) is 0 Å². The van der Waals surface area contributed by atoms with Crippen molar-refractivity contribution in [2.75, 3.05) is 58.7 Å². The van der Waals surface area contributed by atoms with E-state index in [-0.39, 0.29) is 4.75 Å². The van der Waals surface area contributed by atoms with Crippen molar-refractivity contribution in [2.45, 2.75) is 50.7 Å². The number of thioether (sulfide) groups is 1. The number of nitrogens with one attached hydrogen (secondary N) is 2. The molecule has 2 aliphatic rings. The number of piperidine rings is 1. The number of ether oxygens (including phenoxy) is 1. The van der Waals surface area contributed by atoms with Gasteiger partial charge in [0.2, 0.25) is 0 Å². The van der Waals surface area contributed by atoms with Crippen LogP contribution in [0, 0.1) is 5.92 Å². The van der Waals surface area contributed by atoms with Crippen molar-refractivity contribution in [1.82, 2.24) is 15.5 Å². The summed E-state index contributed by atoms with van der Waals surface area (Å²) in [4.78, 5) is 7.49. The van der Waals surface area contributed by atoms with Crippen molar-refractivity contribution >= 4 is 17.7 Å². The van der Waals surface area contributed by atoms with Crippen LogP contribution in [0.5, 0.6) is 0 Å². The lowest BCUT2D eigenvalue weighted by Crippen LogP contribution is -2.42. The van der Waals surface area contributed by atoms with Gasteiger partial charge in [0.1, 0.15) is 0 Å². The van der Waals surface area contributed by atoms with Crippen molar-refractivity contribution < 1.29 is 4.74 Å². The summed E-state index contributed by atoms with van der Waals surface area (Å²) in [5.41, 5.74) is 0. The molecule has 2 aliphatic heterocycles.